The van der Waals surface area contributed by atoms with Crippen molar-refractivity contribution in [2.75, 3.05) is 29.0 Å². The molecule has 0 radical (unpaired) electrons. The number of aryl methyl sites for hydroxylation is 1. The second-order valence-electron chi connectivity index (χ2n) is 7.88. The van der Waals surface area contributed by atoms with Gasteiger partial charge in [-0.3, -0.25) is 13.9 Å². The molecule has 3 aromatic carbocycles. The molecule has 0 aliphatic heterocycles. The van der Waals surface area contributed by atoms with Crippen LogP contribution in [0.5, 0.6) is 5.75 Å². The lowest BCUT2D eigenvalue weighted by atomic mass is 10.2. The third kappa shape index (κ3) is 8.49. The van der Waals surface area contributed by atoms with Crippen LogP contribution >= 0.6 is 23.2 Å². The normalized spacial score (nSPS) is 11.2. The van der Waals surface area contributed by atoms with Crippen molar-refractivity contribution in [3.8, 4) is 5.75 Å². The molecule has 9 nitrogen and oxygen atoms in total. The van der Waals surface area contributed by atoms with Gasteiger partial charge in [0.25, 0.3) is 11.8 Å². The first-order valence-corrected chi connectivity index (χ1v) is 13.5. The van der Waals surface area contributed by atoms with E-state index in [2.05, 4.69) is 15.8 Å². The van der Waals surface area contributed by atoms with Gasteiger partial charge in [0.2, 0.25) is 10.0 Å². The van der Waals surface area contributed by atoms with Gasteiger partial charge in [-0.05, 0) is 66.6 Å². The van der Waals surface area contributed by atoms with Crippen molar-refractivity contribution in [2.24, 2.45) is 5.10 Å². The van der Waals surface area contributed by atoms with Crippen LogP contribution in [0.25, 0.3) is 0 Å². The van der Waals surface area contributed by atoms with E-state index in [-0.39, 0.29) is 12.5 Å². The highest BCUT2D eigenvalue weighted by Gasteiger charge is 2.22. The minimum atomic E-state index is -3.75. The molecule has 0 aliphatic carbocycles. The van der Waals surface area contributed by atoms with E-state index in [1.807, 2.05) is 0 Å². The molecule has 0 heterocycles. The van der Waals surface area contributed by atoms with Crippen LogP contribution < -0.4 is 19.8 Å². The van der Waals surface area contributed by atoms with Crippen molar-refractivity contribution in [2.45, 2.75) is 6.92 Å². The molecule has 0 aromatic heterocycles. The maximum Gasteiger partial charge on any atom is 0.262 e. The molecule has 0 atom stereocenters. The minimum Gasteiger partial charge on any atom is -0.484 e. The number of hydrazone groups is 1. The summed E-state index contributed by atoms with van der Waals surface area (Å²) in [6, 6.07) is 18.3. The summed E-state index contributed by atoms with van der Waals surface area (Å²) in [7, 11) is -3.75. The maximum absolute atomic E-state index is 12.4. The number of para-hydroxylation sites is 1. The van der Waals surface area contributed by atoms with Crippen molar-refractivity contribution in [3.63, 3.8) is 0 Å². The molecule has 0 bridgehead atoms. The average Bonchev–Trinajstić information content (AvgIpc) is 2.84. The van der Waals surface area contributed by atoms with Gasteiger partial charge in [-0.15, -0.1) is 0 Å². The number of ether oxygens (including phenoxy) is 1. The van der Waals surface area contributed by atoms with E-state index in [0.29, 0.717) is 38.3 Å². The number of sulfonamides is 1. The quantitative estimate of drug-likeness (QED) is 0.283. The number of hydrogen-bond acceptors (Lipinski definition) is 6. The molecule has 2 amide bonds. The van der Waals surface area contributed by atoms with Crippen molar-refractivity contribution in [1.29, 1.82) is 0 Å². The molecular weight excluding hydrogens is 539 g/mol. The Morgan fingerprint density at radius 1 is 1.03 bits per heavy atom. The predicted octanol–water partition coefficient (Wildman–Crippen LogP) is 4.24. The summed E-state index contributed by atoms with van der Waals surface area (Å²) in [4.78, 5) is 24.5. The fourth-order valence-corrected chi connectivity index (χ4v) is 4.38. The monoisotopic (exact) mass is 562 g/mol. The van der Waals surface area contributed by atoms with E-state index in [4.69, 9.17) is 27.9 Å². The molecule has 0 fully saturated rings. The second-order valence-corrected chi connectivity index (χ2v) is 10.6. The molecule has 0 unspecified atom stereocenters. The van der Waals surface area contributed by atoms with Crippen LogP contribution in [0.4, 0.5) is 11.4 Å². The first-order valence-electron chi connectivity index (χ1n) is 10.9. The standard InChI is InChI=1S/C25H24Cl2N4O5S/c1-17-7-10-19(26)13-23(17)31(37(2,34)35)15-24(32)30-28-14-18-8-11-20(12-9-18)36-16-25(33)29-22-6-4-3-5-21(22)27/h3-14H,15-16H2,1-2H3,(H,29,33)(H,30,32)/b28-14+. The number of halogens is 2. The van der Waals surface area contributed by atoms with Crippen molar-refractivity contribution in [1.82, 2.24) is 5.43 Å². The Kier molecular flexibility index (Phi) is 9.51. The van der Waals surface area contributed by atoms with E-state index >= 15 is 0 Å². The zero-order valence-electron chi connectivity index (χ0n) is 19.9. The topological polar surface area (TPSA) is 117 Å². The van der Waals surface area contributed by atoms with E-state index in [1.165, 1.54) is 12.3 Å². The van der Waals surface area contributed by atoms with Gasteiger partial charge < -0.3 is 10.1 Å². The van der Waals surface area contributed by atoms with Crippen LogP contribution in [0.1, 0.15) is 11.1 Å². The van der Waals surface area contributed by atoms with Crippen LogP contribution in [0.15, 0.2) is 71.8 Å². The molecular formula is C25H24Cl2N4O5S. The highest BCUT2D eigenvalue weighted by Crippen LogP contribution is 2.26. The van der Waals surface area contributed by atoms with Gasteiger partial charge in [-0.25, -0.2) is 13.8 Å². The lowest BCUT2D eigenvalue weighted by molar-refractivity contribution is -0.119. The Morgan fingerprint density at radius 2 is 1.73 bits per heavy atom. The summed E-state index contributed by atoms with van der Waals surface area (Å²) in [6.07, 6.45) is 2.40. The molecule has 0 spiro atoms. The number of hydrogen-bond donors (Lipinski definition) is 2. The van der Waals surface area contributed by atoms with Gasteiger partial charge in [0.05, 0.1) is 28.9 Å². The molecule has 0 aliphatic rings. The Labute approximate surface area is 225 Å². The average molecular weight is 563 g/mol. The summed E-state index contributed by atoms with van der Waals surface area (Å²) < 4.78 is 31.0. The fraction of sp³-hybridized carbons (Fsp3) is 0.160. The molecule has 3 aromatic rings. The number of carbonyl (C=O) groups excluding carboxylic acids is 2. The van der Waals surface area contributed by atoms with E-state index in [9.17, 15) is 18.0 Å². The molecule has 0 saturated heterocycles. The first kappa shape index (κ1) is 28.0. The molecule has 12 heteroatoms. The Balaban J connectivity index is 1.52. The number of benzene rings is 3. The molecule has 194 valence electrons. The molecule has 0 saturated carbocycles. The van der Waals surface area contributed by atoms with Gasteiger partial charge in [0.1, 0.15) is 12.3 Å². The third-order valence-corrected chi connectivity index (χ3v) is 6.62. The number of rotatable bonds is 10. The first-order chi connectivity index (χ1) is 17.5. The van der Waals surface area contributed by atoms with E-state index in [1.54, 1.807) is 67.6 Å². The van der Waals surface area contributed by atoms with E-state index < -0.39 is 22.5 Å². The van der Waals surface area contributed by atoms with E-state index in [0.717, 1.165) is 10.6 Å². The maximum atomic E-state index is 12.4. The lowest BCUT2D eigenvalue weighted by Gasteiger charge is -2.23. The van der Waals surface area contributed by atoms with Crippen molar-refractivity contribution >= 4 is 62.6 Å². The Bertz CT molecular complexity index is 1410. The highest BCUT2D eigenvalue weighted by atomic mass is 35.5. The number of amides is 2. The number of nitrogens with zero attached hydrogens (tertiary/aromatic N) is 2. The van der Waals surface area contributed by atoms with Gasteiger partial charge >= 0.3 is 0 Å². The summed E-state index contributed by atoms with van der Waals surface area (Å²) in [6.45, 7) is 1.04. The largest absolute Gasteiger partial charge is 0.484 e. The van der Waals surface area contributed by atoms with Crippen LogP contribution in [0.3, 0.4) is 0 Å². The lowest BCUT2D eigenvalue weighted by Crippen LogP contribution is -2.39. The minimum absolute atomic E-state index is 0.211. The highest BCUT2D eigenvalue weighted by molar-refractivity contribution is 7.92. The Morgan fingerprint density at radius 3 is 2.41 bits per heavy atom. The number of carbonyl (C=O) groups is 2. The van der Waals surface area contributed by atoms with Crippen LogP contribution in [0.2, 0.25) is 10.0 Å². The zero-order chi connectivity index (χ0) is 27.0. The smallest absolute Gasteiger partial charge is 0.262 e. The molecule has 37 heavy (non-hydrogen) atoms. The Hall–Kier alpha value is -3.60. The number of anilines is 2. The fourth-order valence-electron chi connectivity index (χ4n) is 3.12. The summed E-state index contributed by atoms with van der Waals surface area (Å²) in [5.74, 6) is -0.542. The van der Waals surface area contributed by atoms with Crippen LogP contribution in [-0.2, 0) is 19.6 Å². The van der Waals surface area contributed by atoms with Crippen molar-refractivity contribution in [3.05, 3.63) is 87.9 Å². The second kappa shape index (κ2) is 12.6. The van der Waals surface area contributed by atoms with Crippen LogP contribution in [0, 0.1) is 6.92 Å². The summed E-state index contributed by atoms with van der Waals surface area (Å²) in [5.41, 5.74) is 4.41. The predicted molar refractivity (Wildman–Crippen MR) is 146 cm³/mol. The molecule has 2 N–H and O–H groups in total. The van der Waals surface area contributed by atoms with Gasteiger partial charge in [-0.1, -0.05) is 41.4 Å². The summed E-state index contributed by atoms with van der Waals surface area (Å²) in [5, 5.41) is 7.32. The summed E-state index contributed by atoms with van der Waals surface area (Å²) >= 11 is 12.0. The number of nitrogens with one attached hydrogen (secondary N) is 2. The van der Waals surface area contributed by atoms with Crippen LogP contribution in [-0.4, -0.2) is 45.9 Å². The zero-order valence-corrected chi connectivity index (χ0v) is 22.3. The van der Waals surface area contributed by atoms with Crippen molar-refractivity contribution < 1.29 is 22.7 Å². The molecule has 3 rings (SSSR count). The van der Waals surface area contributed by atoms with Gasteiger partial charge in [0.15, 0.2) is 6.61 Å². The SMILES string of the molecule is Cc1ccc(Cl)cc1N(CC(=O)N/N=C/c1ccc(OCC(=O)Nc2ccccc2Cl)cc1)S(C)(=O)=O. The van der Waals surface area contributed by atoms with Gasteiger partial charge in [0, 0.05) is 5.02 Å². The van der Waals surface area contributed by atoms with Gasteiger partial charge in [-0.2, -0.15) is 5.10 Å². The third-order valence-electron chi connectivity index (χ3n) is 4.93.